The molecule has 0 aliphatic carbocycles. The first-order chi connectivity index (χ1) is 10.2. The fraction of sp³-hybridized carbons (Fsp3) is 0.235. The summed E-state index contributed by atoms with van der Waals surface area (Å²) in [5.74, 6) is 0.416. The fourth-order valence-electron chi connectivity index (χ4n) is 2.21. The second kappa shape index (κ2) is 7.29. The Bertz CT molecular complexity index is 574. The van der Waals surface area contributed by atoms with Crippen molar-refractivity contribution in [2.75, 3.05) is 12.8 Å². The molecule has 4 heteroatoms. The molecule has 2 N–H and O–H groups in total. The van der Waals surface area contributed by atoms with Gasteiger partial charge < -0.3 is 10.4 Å². The standard InChI is InChI=1S/C17H19NO2S/c1-18-17(16(19)20,15-10-6-3-7-11-15)13-21-12-14-8-4-2-5-9-14/h2-11,18H,12-13H2,1H3,(H,19,20). The number of hydrogen-bond acceptors (Lipinski definition) is 3. The Morgan fingerprint density at radius 1 is 1.10 bits per heavy atom. The van der Waals surface area contributed by atoms with Gasteiger partial charge in [0.05, 0.1) is 0 Å². The molecule has 21 heavy (non-hydrogen) atoms. The van der Waals surface area contributed by atoms with Gasteiger partial charge >= 0.3 is 5.97 Å². The van der Waals surface area contributed by atoms with Gasteiger partial charge in [-0.15, -0.1) is 0 Å². The third-order valence-electron chi connectivity index (χ3n) is 3.49. The first-order valence-electron chi connectivity index (χ1n) is 6.78. The average molecular weight is 301 g/mol. The third-order valence-corrected chi connectivity index (χ3v) is 4.66. The van der Waals surface area contributed by atoms with Crippen LogP contribution in [0.15, 0.2) is 60.7 Å². The molecule has 0 aliphatic heterocycles. The lowest BCUT2D eigenvalue weighted by atomic mass is 9.92. The van der Waals surface area contributed by atoms with Crippen molar-refractivity contribution < 1.29 is 9.90 Å². The molecule has 2 aromatic rings. The van der Waals surface area contributed by atoms with E-state index in [1.165, 1.54) is 5.56 Å². The number of benzene rings is 2. The van der Waals surface area contributed by atoms with Crippen LogP contribution in [-0.4, -0.2) is 23.9 Å². The van der Waals surface area contributed by atoms with E-state index in [9.17, 15) is 9.90 Å². The van der Waals surface area contributed by atoms with Crippen molar-refractivity contribution in [3.8, 4) is 0 Å². The number of aliphatic carboxylic acids is 1. The summed E-state index contributed by atoms with van der Waals surface area (Å²) < 4.78 is 0. The van der Waals surface area contributed by atoms with E-state index in [4.69, 9.17) is 0 Å². The second-order valence-electron chi connectivity index (χ2n) is 4.80. The number of carbonyl (C=O) groups is 1. The maximum absolute atomic E-state index is 11.8. The lowest BCUT2D eigenvalue weighted by Gasteiger charge is -2.29. The van der Waals surface area contributed by atoms with E-state index in [1.54, 1.807) is 18.8 Å². The molecular formula is C17H19NO2S. The molecule has 0 bridgehead atoms. The predicted molar refractivity (Wildman–Crippen MR) is 87.4 cm³/mol. The molecule has 3 nitrogen and oxygen atoms in total. The molecule has 0 heterocycles. The number of hydrogen-bond donors (Lipinski definition) is 2. The summed E-state index contributed by atoms with van der Waals surface area (Å²) in [7, 11) is 1.70. The number of carboxylic acid groups (broad SMARTS) is 1. The molecule has 2 aromatic carbocycles. The van der Waals surface area contributed by atoms with E-state index in [2.05, 4.69) is 17.4 Å². The topological polar surface area (TPSA) is 49.3 Å². The number of thioether (sulfide) groups is 1. The molecule has 2 rings (SSSR count). The van der Waals surface area contributed by atoms with Crippen LogP contribution in [0.4, 0.5) is 0 Å². The average Bonchev–Trinajstić information content (AvgIpc) is 2.53. The lowest BCUT2D eigenvalue weighted by Crippen LogP contribution is -2.49. The molecule has 0 spiro atoms. The van der Waals surface area contributed by atoms with Gasteiger partial charge in [-0.25, -0.2) is 4.79 Å². The van der Waals surface area contributed by atoms with Crippen molar-refractivity contribution >= 4 is 17.7 Å². The second-order valence-corrected chi connectivity index (χ2v) is 5.79. The SMILES string of the molecule is CNC(CSCc1ccccc1)(C(=O)O)c1ccccc1. The summed E-state index contributed by atoms with van der Waals surface area (Å²) in [5.41, 5.74) is 0.923. The molecular weight excluding hydrogens is 282 g/mol. The van der Waals surface area contributed by atoms with E-state index in [0.29, 0.717) is 5.75 Å². The van der Waals surface area contributed by atoms with Crippen LogP contribution in [0, 0.1) is 0 Å². The smallest absolute Gasteiger partial charge is 0.329 e. The summed E-state index contributed by atoms with van der Waals surface area (Å²) in [6.45, 7) is 0. The zero-order valence-corrected chi connectivity index (χ0v) is 12.8. The lowest BCUT2D eigenvalue weighted by molar-refractivity contribution is -0.144. The number of nitrogens with one attached hydrogen (secondary N) is 1. The molecule has 0 aromatic heterocycles. The Morgan fingerprint density at radius 3 is 2.19 bits per heavy atom. The van der Waals surface area contributed by atoms with Crippen LogP contribution in [0.25, 0.3) is 0 Å². The molecule has 110 valence electrons. The highest BCUT2D eigenvalue weighted by atomic mass is 32.2. The minimum Gasteiger partial charge on any atom is -0.480 e. The van der Waals surface area contributed by atoms with Crippen LogP contribution >= 0.6 is 11.8 Å². The maximum atomic E-state index is 11.8. The van der Waals surface area contributed by atoms with Gasteiger partial charge in [0.2, 0.25) is 0 Å². The Hall–Kier alpha value is -1.78. The van der Waals surface area contributed by atoms with Gasteiger partial charge in [0.1, 0.15) is 0 Å². The molecule has 1 unspecified atom stereocenters. The molecule has 1 atom stereocenters. The first-order valence-corrected chi connectivity index (χ1v) is 7.94. The zero-order valence-electron chi connectivity index (χ0n) is 12.0. The van der Waals surface area contributed by atoms with Crippen molar-refractivity contribution in [1.29, 1.82) is 0 Å². The van der Waals surface area contributed by atoms with Gasteiger partial charge in [-0.3, -0.25) is 0 Å². The molecule has 0 amide bonds. The molecule has 0 aliphatic rings. The third kappa shape index (κ3) is 3.65. The van der Waals surface area contributed by atoms with Crippen LogP contribution in [-0.2, 0) is 16.1 Å². The molecule has 0 saturated heterocycles. The predicted octanol–water partition coefficient (Wildman–Crippen LogP) is 3.12. The molecule has 0 fully saturated rings. The fourth-order valence-corrected chi connectivity index (χ4v) is 3.48. The van der Waals surface area contributed by atoms with Gasteiger partial charge in [-0.1, -0.05) is 60.7 Å². The monoisotopic (exact) mass is 301 g/mol. The number of rotatable bonds is 7. The highest BCUT2D eigenvalue weighted by Crippen LogP contribution is 2.27. The minimum atomic E-state index is -1.05. The highest BCUT2D eigenvalue weighted by molar-refractivity contribution is 7.98. The summed E-state index contributed by atoms with van der Waals surface area (Å²) in [4.78, 5) is 11.8. The normalized spacial score (nSPS) is 13.6. The van der Waals surface area contributed by atoms with Gasteiger partial charge in [0.15, 0.2) is 5.54 Å². The Kier molecular flexibility index (Phi) is 5.42. The van der Waals surface area contributed by atoms with E-state index >= 15 is 0 Å². The summed E-state index contributed by atoms with van der Waals surface area (Å²) in [5, 5.41) is 12.7. The van der Waals surface area contributed by atoms with Crippen molar-refractivity contribution in [3.63, 3.8) is 0 Å². The Morgan fingerprint density at radius 2 is 1.67 bits per heavy atom. The van der Waals surface area contributed by atoms with Gasteiger partial charge in [-0.05, 0) is 18.2 Å². The first kappa shape index (κ1) is 15.6. The maximum Gasteiger partial charge on any atom is 0.329 e. The summed E-state index contributed by atoms with van der Waals surface area (Å²) in [6, 6.07) is 19.4. The quantitative estimate of drug-likeness (QED) is 0.825. The van der Waals surface area contributed by atoms with Crippen LogP contribution in [0.1, 0.15) is 11.1 Å². The minimum absolute atomic E-state index is 0.470. The van der Waals surface area contributed by atoms with E-state index in [0.717, 1.165) is 11.3 Å². The van der Waals surface area contributed by atoms with E-state index < -0.39 is 11.5 Å². The van der Waals surface area contributed by atoms with Crippen LogP contribution in [0.2, 0.25) is 0 Å². The molecule has 0 radical (unpaired) electrons. The van der Waals surface area contributed by atoms with Gasteiger partial charge in [0.25, 0.3) is 0 Å². The Labute approximate surface area is 129 Å². The number of likely N-dealkylation sites (N-methyl/N-ethyl adjacent to an activating group) is 1. The Balaban J connectivity index is 2.12. The summed E-state index contributed by atoms with van der Waals surface area (Å²) in [6.07, 6.45) is 0. The van der Waals surface area contributed by atoms with Crippen LogP contribution in [0.5, 0.6) is 0 Å². The van der Waals surface area contributed by atoms with E-state index in [-0.39, 0.29) is 0 Å². The van der Waals surface area contributed by atoms with Crippen molar-refractivity contribution in [2.24, 2.45) is 0 Å². The van der Waals surface area contributed by atoms with E-state index in [1.807, 2.05) is 48.5 Å². The van der Waals surface area contributed by atoms with Gasteiger partial charge in [-0.2, -0.15) is 11.8 Å². The van der Waals surface area contributed by atoms with Crippen LogP contribution < -0.4 is 5.32 Å². The summed E-state index contributed by atoms with van der Waals surface area (Å²) >= 11 is 1.62. The van der Waals surface area contributed by atoms with Gasteiger partial charge in [0, 0.05) is 11.5 Å². The zero-order chi connectivity index (χ0) is 15.1. The highest BCUT2D eigenvalue weighted by Gasteiger charge is 2.38. The number of carboxylic acids is 1. The largest absolute Gasteiger partial charge is 0.480 e. The van der Waals surface area contributed by atoms with Crippen molar-refractivity contribution in [3.05, 3.63) is 71.8 Å². The van der Waals surface area contributed by atoms with Crippen LogP contribution in [0.3, 0.4) is 0 Å². The molecule has 0 saturated carbocycles. The van der Waals surface area contributed by atoms with Crippen molar-refractivity contribution in [1.82, 2.24) is 5.32 Å². The van der Waals surface area contributed by atoms with Crippen molar-refractivity contribution in [2.45, 2.75) is 11.3 Å².